The van der Waals surface area contributed by atoms with E-state index in [1.807, 2.05) is 0 Å². The largest absolute Gasteiger partial charge is 0.320 e. The lowest BCUT2D eigenvalue weighted by Crippen LogP contribution is -2.44. The van der Waals surface area contributed by atoms with Crippen molar-refractivity contribution in [1.29, 1.82) is 0 Å². The minimum Gasteiger partial charge on any atom is -0.320 e. The van der Waals surface area contributed by atoms with Crippen LogP contribution in [0.15, 0.2) is 17.5 Å². The van der Waals surface area contributed by atoms with Gasteiger partial charge >= 0.3 is 0 Å². The maximum Gasteiger partial charge on any atom is 0.244 e. The minimum atomic E-state index is -0.246. The fraction of sp³-hybridized carbons (Fsp3) is 0.643. The average Bonchev–Trinajstić information content (AvgIpc) is 3.07. The van der Waals surface area contributed by atoms with Crippen molar-refractivity contribution < 1.29 is 4.79 Å². The zero-order chi connectivity index (χ0) is 12.6. The first-order valence-electron chi connectivity index (χ1n) is 6.89. The van der Waals surface area contributed by atoms with Gasteiger partial charge in [-0.25, -0.2) is 0 Å². The van der Waals surface area contributed by atoms with Gasteiger partial charge in [0, 0.05) is 11.4 Å². The molecule has 1 aliphatic carbocycles. The van der Waals surface area contributed by atoms with E-state index in [1.165, 1.54) is 17.7 Å². The summed E-state index contributed by atoms with van der Waals surface area (Å²) in [7, 11) is 0. The van der Waals surface area contributed by atoms with Gasteiger partial charge in [-0.2, -0.15) is 0 Å². The molecule has 3 rings (SSSR count). The second kappa shape index (κ2) is 4.67. The standard InChI is InChI=1S/C14H20N2OS/c1-2-9-16-12(11-6-5-10-18-11)15-14(13(16)17)7-3-4-8-14/h5-6,10,12,15H,2-4,7-9H2,1H3. The number of rotatable bonds is 3. The molecule has 1 N–H and O–H groups in total. The molecule has 2 fully saturated rings. The van der Waals surface area contributed by atoms with Crippen LogP contribution >= 0.6 is 11.3 Å². The number of hydrogen-bond acceptors (Lipinski definition) is 3. The summed E-state index contributed by atoms with van der Waals surface area (Å²) >= 11 is 1.74. The highest BCUT2D eigenvalue weighted by molar-refractivity contribution is 7.10. The SMILES string of the molecule is CCCN1C(=O)C2(CCCC2)NC1c1cccs1. The maximum atomic E-state index is 12.7. The molecule has 98 valence electrons. The Kier molecular flexibility index (Phi) is 3.16. The Morgan fingerprint density at radius 3 is 2.89 bits per heavy atom. The van der Waals surface area contributed by atoms with Crippen LogP contribution in [0, 0.1) is 0 Å². The Balaban J connectivity index is 1.91. The van der Waals surface area contributed by atoms with Crippen LogP contribution in [0.1, 0.15) is 50.1 Å². The molecule has 1 aliphatic heterocycles. The third kappa shape index (κ3) is 1.79. The van der Waals surface area contributed by atoms with Crippen molar-refractivity contribution in [2.45, 2.75) is 50.7 Å². The number of carbonyl (C=O) groups excluding carboxylic acids is 1. The Bertz CT molecular complexity index is 423. The Morgan fingerprint density at radius 1 is 1.50 bits per heavy atom. The number of nitrogens with zero attached hydrogens (tertiary/aromatic N) is 1. The molecule has 0 aromatic carbocycles. The highest BCUT2D eigenvalue weighted by Gasteiger charge is 2.52. The first-order chi connectivity index (χ1) is 8.77. The van der Waals surface area contributed by atoms with Crippen LogP contribution in [0.2, 0.25) is 0 Å². The summed E-state index contributed by atoms with van der Waals surface area (Å²) in [5.74, 6) is 0.334. The van der Waals surface area contributed by atoms with E-state index in [1.54, 1.807) is 11.3 Å². The lowest BCUT2D eigenvalue weighted by atomic mass is 9.98. The van der Waals surface area contributed by atoms with Crippen LogP contribution in [0.3, 0.4) is 0 Å². The van der Waals surface area contributed by atoms with Crippen molar-refractivity contribution in [2.24, 2.45) is 0 Å². The van der Waals surface area contributed by atoms with Crippen molar-refractivity contribution in [3.8, 4) is 0 Å². The lowest BCUT2D eigenvalue weighted by molar-refractivity contribution is -0.133. The molecule has 2 aliphatic rings. The maximum absolute atomic E-state index is 12.7. The van der Waals surface area contributed by atoms with Gasteiger partial charge in [-0.05, 0) is 30.7 Å². The van der Waals surface area contributed by atoms with E-state index in [0.29, 0.717) is 5.91 Å². The summed E-state index contributed by atoms with van der Waals surface area (Å²) in [5.41, 5.74) is -0.246. The van der Waals surface area contributed by atoms with Crippen LogP contribution in [0.4, 0.5) is 0 Å². The monoisotopic (exact) mass is 264 g/mol. The molecular weight excluding hydrogens is 244 g/mol. The number of thiophene rings is 1. The van der Waals surface area contributed by atoms with Crippen molar-refractivity contribution in [1.82, 2.24) is 10.2 Å². The van der Waals surface area contributed by atoms with Gasteiger partial charge in [0.25, 0.3) is 0 Å². The van der Waals surface area contributed by atoms with Gasteiger partial charge in [-0.15, -0.1) is 11.3 Å². The molecular formula is C14H20N2OS. The van der Waals surface area contributed by atoms with Crippen LogP contribution < -0.4 is 5.32 Å². The molecule has 1 aromatic rings. The molecule has 0 radical (unpaired) electrons. The van der Waals surface area contributed by atoms with E-state index in [4.69, 9.17) is 0 Å². The summed E-state index contributed by atoms with van der Waals surface area (Å²) in [6.07, 6.45) is 5.49. The van der Waals surface area contributed by atoms with Gasteiger partial charge in [0.05, 0.1) is 5.54 Å². The van der Waals surface area contributed by atoms with E-state index in [0.717, 1.165) is 25.8 Å². The van der Waals surface area contributed by atoms with Gasteiger partial charge in [0.1, 0.15) is 6.17 Å². The summed E-state index contributed by atoms with van der Waals surface area (Å²) in [6.45, 7) is 2.99. The fourth-order valence-corrected chi connectivity index (χ4v) is 4.06. The van der Waals surface area contributed by atoms with Gasteiger partial charge < -0.3 is 4.90 Å². The molecule has 1 aromatic heterocycles. The van der Waals surface area contributed by atoms with Gasteiger partial charge in [0.2, 0.25) is 5.91 Å². The van der Waals surface area contributed by atoms with Crippen LogP contribution in [-0.4, -0.2) is 22.9 Å². The van der Waals surface area contributed by atoms with E-state index in [9.17, 15) is 4.79 Å². The summed E-state index contributed by atoms with van der Waals surface area (Å²) in [5, 5.41) is 5.73. The van der Waals surface area contributed by atoms with Crippen LogP contribution in [-0.2, 0) is 4.79 Å². The van der Waals surface area contributed by atoms with Gasteiger partial charge in [0.15, 0.2) is 0 Å². The summed E-state index contributed by atoms with van der Waals surface area (Å²) in [6, 6.07) is 4.20. The molecule has 1 saturated heterocycles. The fourth-order valence-electron chi connectivity index (χ4n) is 3.27. The molecule has 1 unspecified atom stereocenters. The Morgan fingerprint density at radius 2 is 2.28 bits per heavy atom. The van der Waals surface area contributed by atoms with E-state index >= 15 is 0 Å². The quantitative estimate of drug-likeness (QED) is 0.910. The highest BCUT2D eigenvalue weighted by Crippen LogP contribution is 2.41. The lowest BCUT2D eigenvalue weighted by Gasteiger charge is -2.22. The zero-order valence-corrected chi connectivity index (χ0v) is 11.6. The topological polar surface area (TPSA) is 32.3 Å². The number of carbonyl (C=O) groups is 1. The van der Waals surface area contributed by atoms with Gasteiger partial charge in [-0.1, -0.05) is 25.8 Å². The molecule has 4 heteroatoms. The summed E-state index contributed by atoms with van der Waals surface area (Å²) < 4.78 is 0. The molecule has 2 heterocycles. The number of amides is 1. The highest BCUT2D eigenvalue weighted by atomic mass is 32.1. The molecule has 1 spiro atoms. The molecule has 1 amide bonds. The predicted octanol–water partition coefficient (Wildman–Crippen LogP) is 2.90. The van der Waals surface area contributed by atoms with E-state index < -0.39 is 0 Å². The minimum absolute atomic E-state index is 0.107. The van der Waals surface area contributed by atoms with E-state index in [-0.39, 0.29) is 11.7 Å². The number of hydrogen-bond donors (Lipinski definition) is 1. The van der Waals surface area contributed by atoms with Crippen molar-refractivity contribution >= 4 is 17.2 Å². The first-order valence-corrected chi connectivity index (χ1v) is 7.77. The molecule has 1 saturated carbocycles. The summed E-state index contributed by atoms with van der Waals surface area (Å²) in [4.78, 5) is 16.0. The molecule has 0 bridgehead atoms. The number of nitrogens with one attached hydrogen (secondary N) is 1. The smallest absolute Gasteiger partial charge is 0.244 e. The molecule has 3 nitrogen and oxygen atoms in total. The Labute approximate surface area is 112 Å². The second-order valence-electron chi connectivity index (χ2n) is 5.35. The third-order valence-corrected chi connectivity index (χ3v) is 5.05. The predicted molar refractivity (Wildman–Crippen MR) is 73.4 cm³/mol. The molecule has 18 heavy (non-hydrogen) atoms. The first kappa shape index (κ1) is 12.2. The normalized spacial score (nSPS) is 26.4. The van der Waals surface area contributed by atoms with Crippen molar-refractivity contribution in [3.63, 3.8) is 0 Å². The van der Waals surface area contributed by atoms with Crippen molar-refractivity contribution in [2.75, 3.05) is 6.54 Å². The Hall–Kier alpha value is -0.870. The van der Waals surface area contributed by atoms with Crippen LogP contribution in [0.25, 0.3) is 0 Å². The average molecular weight is 264 g/mol. The third-order valence-electron chi connectivity index (χ3n) is 4.13. The molecule has 1 atom stereocenters. The zero-order valence-electron chi connectivity index (χ0n) is 10.8. The van der Waals surface area contributed by atoms with E-state index in [2.05, 4.69) is 34.7 Å². The van der Waals surface area contributed by atoms with Crippen LogP contribution in [0.5, 0.6) is 0 Å². The van der Waals surface area contributed by atoms with Gasteiger partial charge in [-0.3, -0.25) is 10.1 Å². The second-order valence-corrected chi connectivity index (χ2v) is 6.33. The van der Waals surface area contributed by atoms with Crippen molar-refractivity contribution in [3.05, 3.63) is 22.4 Å².